The van der Waals surface area contributed by atoms with Crippen LogP contribution in [0.15, 0.2) is 89.8 Å². The molecule has 1 N–H and O–H groups in total. The van der Waals surface area contributed by atoms with Gasteiger partial charge in [0.1, 0.15) is 0 Å². The Morgan fingerprint density at radius 3 is 1.96 bits per heavy atom. The zero-order valence-corrected chi connectivity index (χ0v) is 13.4. The predicted octanol–water partition coefficient (Wildman–Crippen LogP) is 5.36. The van der Waals surface area contributed by atoms with Crippen LogP contribution in [-0.2, 0) is 6.54 Å². The van der Waals surface area contributed by atoms with E-state index in [4.69, 9.17) is 0 Å². The highest BCUT2D eigenvalue weighted by molar-refractivity contribution is 8.13. The lowest BCUT2D eigenvalue weighted by Crippen LogP contribution is -2.17. The van der Waals surface area contributed by atoms with Gasteiger partial charge in [0.05, 0.1) is 0 Å². The van der Waals surface area contributed by atoms with E-state index in [0.29, 0.717) is 6.54 Å². The van der Waals surface area contributed by atoms with Crippen LogP contribution < -0.4 is 5.32 Å². The molecule has 3 aromatic rings. The van der Waals surface area contributed by atoms with Gasteiger partial charge in [0.2, 0.25) is 0 Å². The molecule has 0 aliphatic carbocycles. The fraction of sp³-hybridized carbons (Fsp3) is 0.0500. The summed E-state index contributed by atoms with van der Waals surface area (Å²) in [6, 6.07) is 28.2. The zero-order valence-electron chi connectivity index (χ0n) is 12.6. The van der Waals surface area contributed by atoms with Gasteiger partial charge in [-0.2, -0.15) is 0 Å². The van der Waals surface area contributed by atoms with E-state index in [1.165, 1.54) is 17.3 Å². The first-order chi connectivity index (χ1) is 11.3. The van der Waals surface area contributed by atoms with Crippen LogP contribution in [0.1, 0.15) is 5.56 Å². The molecule has 0 saturated carbocycles. The number of carbonyl (C=O) groups excluding carboxylic acids is 1. The molecule has 0 saturated heterocycles. The van der Waals surface area contributed by atoms with E-state index < -0.39 is 0 Å². The van der Waals surface area contributed by atoms with Crippen molar-refractivity contribution in [3.63, 3.8) is 0 Å². The van der Waals surface area contributed by atoms with E-state index in [-0.39, 0.29) is 5.24 Å². The number of carbonyl (C=O) groups is 1. The Kier molecular flexibility index (Phi) is 5.12. The normalized spacial score (nSPS) is 10.3. The lowest BCUT2D eigenvalue weighted by atomic mass is 10.1. The van der Waals surface area contributed by atoms with Crippen molar-refractivity contribution in [2.45, 2.75) is 11.4 Å². The summed E-state index contributed by atoms with van der Waals surface area (Å²) in [4.78, 5) is 12.9. The van der Waals surface area contributed by atoms with Crippen molar-refractivity contribution in [3.05, 3.63) is 90.5 Å². The molecule has 0 aliphatic heterocycles. The quantitative estimate of drug-likeness (QED) is 0.656. The SMILES string of the molecule is O=C(NCc1ccccc1)Sc1ccc(-c2ccccc2)cc1. The van der Waals surface area contributed by atoms with Crippen molar-refractivity contribution in [2.24, 2.45) is 0 Å². The van der Waals surface area contributed by atoms with E-state index in [1.54, 1.807) is 0 Å². The van der Waals surface area contributed by atoms with Gasteiger partial charge in [-0.1, -0.05) is 72.8 Å². The summed E-state index contributed by atoms with van der Waals surface area (Å²) in [6.45, 7) is 0.550. The third kappa shape index (κ3) is 4.47. The lowest BCUT2D eigenvalue weighted by Gasteiger charge is -2.06. The second-order valence-electron chi connectivity index (χ2n) is 5.12. The van der Waals surface area contributed by atoms with Crippen molar-refractivity contribution in [3.8, 4) is 11.1 Å². The van der Waals surface area contributed by atoms with Crippen molar-refractivity contribution in [1.82, 2.24) is 5.32 Å². The third-order valence-electron chi connectivity index (χ3n) is 3.45. The molecule has 3 rings (SSSR count). The largest absolute Gasteiger partial charge is 0.343 e. The number of hydrogen-bond donors (Lipinski definition) is 1. The lowest BCUT2D eigenvalue weighted by molar-refractivity contribution is 0.260. The minimum atomic E-state index is -0.0404. The van der Waals surface area contributed by atoms with Gasteiger partial charge in [0.15, 0.2) is 0 Å². The fourth-order valence-corrected chi connectivity index (χ4v) is 2.89. The predicted molar refractivity (Wildman–Crippen MR) is 96.4 cm³/mol. The molecule has 0 radical (unpaired) electrons. The monoisotopic (exact) mass is 319 g/mol. The van der Waals surface area contributed by atoms with Gasteiger partial charge >= 0.3 is 0 Å². The second-order valence-corrected chi connectivity index (χ2v) is 6.17. The minimum absolute atomic E-state index is 0.0404. The molecule has 0 aliphatic rings. The highest BCUT2D eigenvalue weighted by atomic mass is 32.2. The van der Waals surface area contributed by atoms with Crippen LogP contribution in [0.2, 0.25) is 0 Å². The maximum Gasteiger partial charge on any atom is 0.284 e. The highest BCUT2D eigenvalue weighted by Crippen LogP contribution is 2.24. The summed E-state index contributed by atoms with van der Waals surface area (Å²) < 4.78 is 0. The molecule has 0 bridgehead atoms. The number of rotatable bonds is 4. The number of benzene rings is 3. The molecule has 3 heteroatoms. The Morgan fingerprint density at radius 2 is 1.30 bits per heavy atom. The average molecular weight is 319 g/mol. The van der Waals surface area contributed by atoms with Crippen LogP contribution >= 0.6 is 11.8 Å². The van der Waals surface area contributed by atoms with Gasteiger partial charge in [-0.25, -0.2) is 0 Å². The first-order valence-electron chi connectivity index (χ1n) is 7.46. The van der Waals surface area contributed by atoms with Gasteiger partial charge < -0.3 is 5.32 Å². The molecular weight excluding hydrogens is 302 g/mol. The van der Waals surface area contributed by atoms with E-state index in [2.05, 4.69) is 17.4 Å². The third-order valence-corrected chi connectivity index (χ3v) is 4.29. The van der Waals surface area contributed by atoms with Crippen molar-refractivity contribution in [1.29, 1.82) is 0 Å². The number of nitrogens with one attached hydrogen (secondary N) is 1. The smallest absolute Gasteiger partial charge is 0.284 e. The summed E-state index contributed by atoms with van der Waals surface area (Å²) in [5, 5.41) is 2.88. The first kappa shape index (κ1) is 15.4. The Labute approximate surface area is 140 Å². The molecular formula is C20H17NOS. The van der Waals surface area contributed by atoms with E-state index >= 15 is 0 Å². The zero-order chi connectivity index (χ0) is 15.9. The molecule has 1 amide bonds. The fourth-order valence-electron chi connectivity index (χ4n) is 2.26. The Balaban J connectivity index is 1.57. The Morgan fingerprint density at radius 1 is 0.739 bits per heavy atom. The summed E-state index contributed by atoms with van der Waals surface area (Å²) in [6.07, 6.45) is 0. The number of hydrogen-bond acceptors (Lipinski definition) is 2. The van der Waals surface area contributed by atoms with E-state index in [0.717, 1.165) is 16.0 Å². The molecule has 0 aromatic heterocycles. The van der Waals surface area contributed by atoms with E-state index in [9.17, 15) is 4.79 Å². The first-order valence-corrected chi connectivity index (χ1v) is 8.28. The van der Waals surface area contributed by atoms with Crippen LogP contribution in [0.4, 0.5) is 4.79 Å². The number of thioether (sulfide) groups is 1. The Bertz CT molecular complexity index is 755. The summed E-state index contributed by atoms with van der Waals surface area (Å²) in [5.41, 5.74) is 3.43. The molecule has 23 heavy (non-hydrogen) atoms. The van der Waals surface area contributed by atoms with Gasteiger partial charge in [0, 0.05) is 11.4 Å². The molecule has 2 nitrogen and oxygen atoms in total. The Hall–Kier alpha value is -2.52. The number of amides is 1. The van der Waals surface area contributed by atoms with Crippen LogP contribution in [-0.4, -0.2) is 5.24 Å². The molecule has 3 aromatic carbocycles. The van der Waals surface area contributed by atoms with Gasteiger partial charge in [-0.05, 0) is 40.6 Å². The van der Waals surface area contributed by atoms with Crippen LogP contribution in [0.3, 0.4) is 0 Å². The molecule has 0 heterocycles. The van der Waals surface area contributed by atoms with Gasteiger partial charge in [-0.3, -0.25) is 4.79 Å². The second kappa shape index (κ2) is 7.65. The van der Waals surface area contributed by atoms with Crippen molar-refractivity contribution in [2.75, 3.05) is 0 Å². The molecule has 0 atom stereocenters. The topological polar surface area (TPSA) is 29.1 Å². The molecule has 0 unspecified atom stereocenters. The van der Waals surface area contributed by atoms with Gasteiger partial charge in [-0.15, -0.1) is 0 Å². The van der Waals surface area contributed by atoms with Crippen LogP contribution in [0, 0.1) is 0 Å². The van der Waals surface area contributed by atoms with Crippen molar-refractivity contribution < 1.29 is 4.79 Å². The van der Waals surface area contributed by atoms with Gasteiger partial charge in [0.25, 0.3) is 5.24 Å². The molecule has 0 spiro atoms. The van der Waals surface area contributed by atoms with E-state index in [1.807, 2.05) is 72.8 Å². The minimum Gasteiger partial charge on any atom is -0.343 e. The average Bonchev–Trinajstić information content (AvgIpc) is 2.62. The molecule has 0 fully saturated rings. The van der Waals surface area contributed by atoms with Crippen LogP contribution in [0.25, 0.3) is 11.1 Å². The standard InChI is InChI=1S/C20H17NOS/c22-20(21-15-16-7-3-1-4-8-16)23-19-13-11-18(12-14-19)17-9-5-2-6-10-17/h1-14H,15H2,(H,21,22). The maximum atomic E-state index is 12.0. The van der Waals surface area contributed by atoms with Crippen LogP contribution in [0.5, 0.6) is 0 Å². The summed E-state index contributed by atoms with van der Waals surface area (Å²) >= 11 is 1.22. The summed E-state index contributed by atoms with van der Waals surface area (Å²) in [7, 11) is 0. The van der Waals surface area contributed by atoms with Crippen molar-refractivity contribution >= 4 is 17.0 Å². The molecule has 114 valence electrons. The highest BCUT2D eigenvalue weighted by Gasteiger charge is 2.05. The summed E-state index contributed by atoms with van der Waals surface area (Å²) in [5.74, 6) is 0. The maximum absolute atomic E-state index is 12.0.